The van der Waals surface area contributed by atoms with E-state index in [1.807, 2.05) is 0 Å². The first kappa shape index (κ1) is 22.3. The number of methoxy groups -OCH3 is 1. The zero-order valence-electron chi connectivity index (χ0n) is 16.3. The van der Waals surface area contributed by atoms with E-state index in [9.17, 15) is 9.59 Å². The lowest BCUT2D eigenvalue weighted by Crippen LogP contribution is -2.15. The van der Waals surface area contributed by atoms with Gasteiger partial charge in [-0.25, -0.2) is 4.79 Å². The van der Waals surface area contributed by atoms with Crippen LogP contribution in [0.2, 0.25) is 10.0 Å². The maximum Gasteiger partial charge on any atom is 0.331 e. The van der Waals surface area contributed by atoms with Crippen LogP contribution in [0.25, 0.3) is 6.08 Å². The molecule has 0 aliphatic rings. The molecule has 0 aliphatic carbocycles. The van der Waals surface area contributed by atoms with Gasteiger partial charge in [-0.1, -0.05) is 46.6 Å². The van der Waals surface area contributed by atoms with E-state index in [4.69, 9.17) is 37.2 Å². The lowest BCUT2D eigenvalue weighted by molar-refractivity contribution is -0.139. The number of benzene rings is 2. The molecule has 0 saturated heterocycles. The zero-order chi connectivity index (χ0) is 22.2. The van der Waals surface area contributed by atoms with Gasteiger partial charge in [0, 0.05) is 6.08 Å². The van der Waals surface area contributed by atoms with E-state index in [0.717, 1.165) is 0 Å². The first-order chi connectivity index (χ1) is 14.9. The number of rotatable bonds is 8. The van der Waals surface area contributed by atoms with Crippen molar-refractivity contribution in [2.24, 2.45) is 0 Å². The summed E-state index contributed by atoms with van der Waals surface area (Å²) in [6.07, 6.45) is 2.65. The topological polar surface area (TPSA) is 104 Å². The van der Waals surface area contributed by atoms with Gasteiger partial charge in [-0.15, -0.1) is 0 Å². The Hall–Kier alpha value is -3.36. The molecule has 0 saturated carbocycles. The molecule has 0 unspecified atom stereocenters. The normalized spacial score (nSPS) is 10.8. The Morgan fingerprint density at radius 3 is 2.74 bits per heavy atom. The Bertz CT molecular complexity index is 1110. The molecule has 10 heteroatoms. The van der Waals surface area contributed by atoms with Crippen molar-refractivity contribution in [3.63, 3.8) is 0 Å². The summed E-state index contributed by atoms with van der Waals surface area (Å²) >= 11 is 11.8. The highest BCUT2D eigenvalue weighted by Gasteiger charge is 2.14. The molecular formula is C21H17Cl2N3O5. The van der Waals surface area contributed by atoms with Gasteiger partial charge in [0.05, 0.1) is 29.3 Å². The van der Waals surface area contributed by atoms with Gasteiger partial charge in [-0.2, -0.15) is 4.98 Å². The van der Waals surface area contributed by atoms with Gasteiger partial charge in [0.2, 0.25) is 5.91 Å². The van der Waals surface area contributed by atoms with Gasteiger partial charge in [0.25, 0.3) is 5.89 Å². The van der Waals surface area contributed by atoms with E-state index in [0.29, 0.717) is 27.0 Å². The molecule has 1 N–H and O–H groups in total. The summed E-state index contributed by atoms with van der Waals surface area (Å²) < 4.78 is 15.2. The average Bonchev–Trinajstić information content (AvgIpc) is 3.20. The summed E-state index contributed by atoms with van der Waals surface area (Å²) in [4.78, 5) is 28.1. The lowest BCUT2D eigenvalue weighted by atomic mass is 10.2. The van der Waals surface area contributed by atoms with Crippen LogP contribution in [0, 0.1) is 0 Å². The van der Waals surface area contributed by atoms with E-state index in [1.165, 1.54) is 19.3 Å². The first-order valence-electron chi connectivity index (χ1n) is 8.99. The molecule has 2 aromatic carbocycles. The van der Waals surface area contributed by atoms with Crippen molar-refractivity contribution in [3.8, 4) is 5.75 Å². The third-order valence-corrected chi connectivity index (χ3v) is 4.64. The van der Waals surface area contributed by atoms with E-state index in [1.54, 1.807) is 42.5 Å². The van der Waals surface area contributed by atoms with Crippen LogP contribution in [-0.2, 0) is 27.4 Å². The molecule has 31 heavy (non-hydrogen) atoms. The Kier molecular flexibility index (Phi) is 7.64. The fraction of sp³-hybridized carbons (Fsp3) is 0.143. The molecule has 0 aliphatic heterocycles. The highest BCUT2D eigenvalue weighted by molar-refractivity contribution is 6.42. The van der Waals surface area contributed by atoms with E-state index in [2.05, 4.69) is 15.5 Å². The van der Waals surface area contributed by atoms with Crippen molar-refractivity contribution in [1.82, 2.24) is 10.1 Å². The van der Waals surface area contributed by atoms with Crippen LogP contribution in [0.1, 0.15) is 17.3 Å². The van der Waals surface area contributed by atoms with Crippen LogP contribution in [0.4, 0.5) is 5.69 Å². The molecule has 8 nitrogen and oxygen atoms in total. The maximum absolute atomic E-state index is 12.2. The molecule has 0 spiro atoms. The molecule has 3 rings (SSSR count). The molecule has 3 aromatic rings. The Balaban J connectivity index is 1.49. The third-order valence-electron chi connectivity index (χ3n) is 3.90. The van der Waals surface area contributed by atoms with Gasteiger partial charge >= 0.3 is 5.97 Å². The molecule has 0 atom stereocenters. The third kappa shape index (κ3) is 6.56. The molecule has 0 radical (unpaired) electrons. The maximum atomic E-state index is 12.2. The van der Waals surface area contributed by atoms with Crippen molar-refractivity contribution in [3.05, 3.63) is 75.9 Å². The van der Waals surface area contributed by atoms with Gasteiger partial charge in [-0.05, 0) is 35.9 Å². The average molecular weight is 462 g/mol. The fourth-order valence-corrected chi connectivity index (χ4v) is 2.77. The predicted octanol–water partition coefficient (Wildman–Crippen LogP) is 4.32. The van der Waals surface area contributed by atoms with Crippen LogP contribution in [0.5, 0.6) is 5.75 Å². The number of anilines is 1. The minimum atomic E-state index is -0.611. The van der Waals surface area contributed by atoms with Gasteiger partial charge in [-0.3, -0.25) is 4.79 Å². The monoisotopic (exact) mass is 461 g/mol. The van der Waals surface area contributed by atoms with Crippen LogP contribution in [0.3, 0.4) is 0 Å². The highest BCUT2D eigenvalue weighted by atomic mass is 35.5. The predicted molar refractivity (Wildman–Crippen MR) is 115 cm³/mol. The summed E-state index contributed by atoms with van der Waals surface area (Å²) in [6, 6.07) is 12.0. The Morgan fingerprint density at radius 1 is 1.16 bits per heavy atom. The number of ether oxygens (including phenoxy) is 2. The number of amides is 1. The second-order valence-corrected chi connectivity index (χ2v) is 6.96. The molecule has 1 aromatic heterocycles. The number of hydrogen-bond donors (Lipinski definition) is 1. The lowest BCUT2D eigenvalue weighted by Gasteiger charge is -2.08. The van der Waals surface area contributed by atoms with Crippen LogP contribution >= 0.6 is 23.2 Å². The standard InChI is InChI=1S/C21H17Cl2N3O5/c1-29-17-5-3-2-4-16(17)24-19(27)11-18-25-20(31-26-18)12-30-21(28)9-7-13-6-8-14(22)15(23)10-13/h2-10H,11-12H2,1H3,(H,24,27)/b9-7+. The minimum Gasteiger partial charge on any atom is -0.495 e. The number of para-hydroxylation sites is 2. The van der Waals surface area contributed by atoms with Gasteiger partial charge in [0.1, 0.15) is 5.75 Å². The number of nitrogens with one attached hydrogen (secondary N) is 1. The van der Waals surface area contributed by atoms with Crippen molar-refractivity contribution >= 4 is 46.8 Å². The minimum absolute atomic E-state index is 0.0661. The number of halogens is 2. The van der Waals surface area contributed by atoms with Crippen molar-refractivity contribution in [2.75, 3.05) is 12.4 Å². The number of carbonyl (C=O) groups excluding carboxylic acids is 2. The second-order valence-electron chi connectivity index (χ2n) is 6.14. The summed E-state index contributed by atoms with van der Waals surface area (Å²) in [7, 11) is 1.51. The number of nitrogens with zero attached hydrogens (tertiary/aromatic N) is 2. The SMILES string of the molecule is COc1ccccc1NC(=O)Cc1noc(COC(=O)/C=C/c2ccc(Cl)c(Cl)c2)n1. The zero-order valence-corrected chi connectivity index (χ0v) is 17.8. The molecule has 160 valence electrons. The van der Waals surface area contributed by atoms with Crippen molar-refractivity contribution in [2.45, 2.75) is 13.0 Å². The highest BCUT2D eigenvalue weighted by Crippen LogP contribution is 2.24. The molecule has 1 heterocycles. The van der Waals surface area contributed by atoms with Crippen LogP contribution in [0.15, 0.2) is 53.1 Å². The number of carbonyl (C=O) groups is 2. The number of aromatic nitrogens is 2. The summed E-state index contributed by atoms with van der Waals surface area (Å²) in [5, 5.41) is 7.23. The molecule has 1 amide bonds. The number of esters is 1. The van der Waals surface area contributed by atoms with E-state index < -0.39 is 5.97 Å². The molecular weight excluding hydrogens is 445 g/mol. The van der Waals surface area contributed by atoms with Crippen LogP contribution < -0.4 is 10.1 Å². The van der Waals surface area contributed by atoms with E-state index in [-0.39, 0.29) is 30.7 Å². The largest absolute Gasteiger partial charge is 0.495 e. The Morgan fingerprint density at radius 2 is 1.97 bits per heavy atom. The summed E-state index contributed by atoms with van der Waals surface area (Å²) in [5.41, 5.74) is 1.22. The van der Waals surface area contributed by atoms with Gasteiger partial charge in [0.15, 0.2) is 12.4 Å². The first-order valence-corrected chi connectivity index (χ1v) is 9.74. The Labute approximate surface area is 187 Å². The van der Waals surface area contributed by atoms with Crippen molar-refractivity contribution < 1.29 is 23.6 Å². The van der Waals surface area contributed by atoms with E-state index >= 15 is 0 Å². The van der Waals surface area contributed by atoms with Crippen molar-refractivity contribution in [1.29, 1.82) is 0 Å². The fourth-order valence-electron chi connectivity index (χ4n) is 2.47. The number of hydrogen-bond acceptors (Lipinski definition) is 7. The molecule has 0 fully saturated rings. The van der Waals surface area contributed by atoms with Crippen LogP contribution in [-0.4, -0.2) is 29.1 Å². The smallest absolute Gasteiger partial charge is 0.331 e. The summed E-state index contributed by atoms with van der Waals surface area (Å²) in [6.45, 7) is -0.230. The van der Waals surface area contributed by atoms with Gasteiger partial charge < -0.3 is 19.3 Å². The summed E-state index contributed by atoms with van der Waals surface area (Å²) in [5.74, 6) is -0.204. The molecule has 0 bridgehead atoms. The second kappa shape index (κ2) is 10.6. The quantitative estimate of drug-likeness (QED) is 0.393.